The number of anilines is 2. The van der Waals surface area contributed by atoms with Crippen LogP contribution in [0.2, 0.25) is 0 Å². The first-order chi connectivity index (χ1) is 11.1. The van der Waals surface area contributed by atoms with Gasteiger partial charge in [0.2, 0.25) is 5.95 Å². The van der Waals surface area contributed by atoms with Gasteiger partial charge >= 0.3 is 0 Å². The summed E-state index contributed by atoms with van der Waals surface area (Å²) in [4.78, 5) is 12.0. The summed E-state index contributed by atoms with van der Waals surface area (Å²) in [7, 11) is 1.57. The van der Waals surface area contributed by atoms with Gasteiger partial charge in [0, 0.05) is 36.8 Å². The van der Waals surface area contributed by atoms with Crippen LogP contribution in [0.25, 0.3) is 22.4 Å². The van der Waals surface area contributed by atoms with Gasteiger partial charge in [-0.1, -0.05) is 6.07 Å². The van der Waals surface area contributed by atoms with Crippen LogP contribution in [0.5, 0.6) is 0 Å². The van der Waals surface area contributed by atoms with E-state index in [1.807, 2.05) is 0 Å². The molecule has 0 amide bonds. The third-order valence-corrected chi connectivity index (χ3v) is 3.38. The van der Waals surface area contributed by atoms with Gasteiger partial charge in [-0.2, -0.15) is 0 Å². The second kappa shape index (κ2) is 5.96. The number of nitrogen functional groups attached to an aromatic ring is 1. The van der Waals surface area contributed by atoms with E-state index in [1.165, 1.54) is 30.7 Å². The SMILES string of the molecule is CNc1ccc(F)c(-c2ccc(-c3cnc(N)nc3)nc2)c1F. The van der Waals surface area contributed by atoms with E-state index in [1.54, 1.807) is 19.2 Å². The lowest BCUT2D eigenvalue weighted by atomic mass is 10.0. The molecule has 1 aromatic carbocycles. The minimum atomic E-state index is -0.655. The number of hydrogen-bond acceptors (Lipinski definition) is 5. The van der Waals surface area contributed by atoms with Gasteiger partial charge in [0.1, 0.15) is 5.82 Å². The quantitative estimate of drug-likeness (QED) is 0.777. The fourth-order valence-electron chi connectivity index (χ4n) is 2.19. The molecule has 3 N–H and O–H groups in total. The third kappa shape index (κ3) is 2.80. The second-order valence-electron chi connectivity index (χ2n) is 4.80. The van der Waals surface area contributed by atoms with Gasteiger partial charge in [0.25, 0.3) is 0 Å². The molecular weight excluding hydrogens is 300 g/mol. The fourth-order valence-corrected chi connectivity index (χ4v) is 2.19. The van der Waals surface area contributed by atoms with E-state index < -0.39 is 11.6 Å². The first-order valence-corrected chi connectivity index (χ1v) is 6.80. The Morgan fingerprint density at radius 1 is 0.913 bits per heavy atom. The molecule has 0 saturated heterocycles. The molecule has 7 heteroatoms. The maximum Gasteiger partial charge on any atom is 0.219 e. The molecule has 0 radical (unpaired) electrons. The standard InChI is InChI=1S/C16H13F2N5/c1-20-13-5-3-11(17)14(15(13)18)9-2-4-12(21-6-9)10-7-22-16(19)23-8-10/h2-8,20H,1H3,(H2,19,22,23). The lowest BCUT2D eigenvalue weighted by Crippen LogP contribution is -1.98. The molecule has 0 unspecified atom stereocenters. The third-order valence-electron chi connectivity index (χ3n) is 3.38. The van der Waals surface area contributed by atoms with Crippen LogP contribution in [0.3, 0.4) is 0 Å². The number of nitrogens with one attached hydrogen (secondary N) is 1. The highest BCUT2D eigenvalue weighted by Gasteiger charge is 2.15. The van der Waals surface area contributed by atoms with Crippen LogP contribution in [0, 0.1) is 11.6 Å². The minimum absolute atomic E-state index is 0.121. The van der Waals surface area contributed by atoms with Gasteiger partial charge in [-0.25, -0.2) is 18.7 Å². The molecule has 0 fully saturated rings. The zero-order valence-corrected chi connectivity index (χ0v) is 12.2. The number of hydrogen-bond donors (Lipinski definition) is 2. The van der Waals surface area contributed by atoms with Crippen molar-refractivity contribution in [2.75, 3.05) is 18.1 Å². The van der Waals surface area contributed by atoms with Crippen molar-refractivity contribution in [2.24, 2.45) is 0 Å². The average Bonchev–Trinajstić information content (AvgIpc) is 2.56. The molecule has 23 heavy (non-hydrogen) atoms. The largest absolute Gasteiger partial charge is 0.386 e. The van der Waals surface area contributed by atoms with Crippen LogP contribution in [0.4, 0.5) is 20.4 Å². The molecule has 116 valence electrons. The number of benzene rings is 1. The van der Waals surface area contributed by atoms with E-state index in [0.29, 0.717) is 16.8 Å². The molecule has 2 heterocycles. The Labute approximate surface area is 131 Å². The van der Waals surface area contributed by atoms with E-state index >= 15 is 0 Å². The van der Waals surface area contributed by atoms with E-state index in [0.717, 1.165) is 0 Å². The predicted molar refractivity (Wildman–Crippen MR) is 84.6 cm³/mol. The van der Waals surface area contributed by atoms with Crippen LogP contribution in [0.15, 0.2) is 42.9 Å². The van der Waals surface area contributed by atoms with Gasteiger partial charge in [0.15, 0.2) is 5.82 Å². The van der Waals surface area contributed by atoms with Crippen molar-refractivity contribution in [3.63, 3.8) is 0 Å². The summed E-state index contributed by atoms with van der Waals surface area (Å²) in [6.45, 7) is 0. The van der Waals surface area contributed by atoms with Crippen LogP contribution in [-0.4, -0.2) is 22.0 Å². The van der Waals surface area contributed by atoms with Gasteiger partial charge < -0.3 is 11.1 Å². The van der Waals surface area contributed by atoms with Crippen molar-refractivity contribution >= 4 is 11.6 Å². The number of halogens is 2. The van der Waals surface area contributed by atoms with E-state index in [4.69, 9.17) is 5.73 Å². The van der Waals surface area contributed by atoms with Crippen LogP contribution in [0.1, 0.15) is 0 Å². The molecule has 0 bridgehead atoms. The maximum absolute atomic E-state index is 14.3. The van der Waals surface area contributed by atoms with Crippen molar-refractivity contribution in [2.45, 2.75) is 0 Å². The van der Waals surface area contributed by atoms with Gasteiger partial charge in [0.05, 0.1) is 16.9 Å². The van der Waals surface area contributed by atoms with Gasteiger partial charge in [-0.05, 0) is 18.2 Å². The monoisotopic (exact) mass is 313 g/mol. The Bertz CT molecular complexity index is 832. The summed E-state index contributed by atoms with van der Waals surface area (Å²) in [6, 6.07) is 5.81. The lowest BCUT2D eigenvalue weighted by molar-refractivity contribution is 0.592. The lowest BCUT2D eigenvalue weighted by Gasteiger charge is -2.10. The maximum atomic E-state index is 14.3. The molecule has 2 aromatic heterocycles. The number of nitrogens with zero attached hydrogens (tertiary/aromatic N) is 3. The first-order valence-electron chi connectivity index (χ1n) is 6.80. The summed E-state index contributed by atoms with van der Waals surface area (Å²) < 4.78 is 28.3. The van der Waals surface area contributed by atoms with Gasteiger partial charge in [-0.15, -0.1) is 0 Å². The highest BCUT2D eigenvalue weighted by molar-refractivity contribution is 5.71. The van der Waals surface area contributed by atoms with Crippen molar-refractivity contribution in [3.05, 3.63) is 54.5 Å². The summed E-state index contributed by atoms with van der Waals surface area (Å²) in [6.07, 6.45) is 4.48. The molecule has 3 rings (SSSR count). The zero-order valence-electron chi connectivity index (χ0n) is 12.2. The molecule has 3 aromatic rings. The van der Waals surface area contributed by atoms with Crippen LogP contribution >= 0.6 is 0 Å². The molecule has 0 atom stereocenters. The van der Waals surface area contributed by atoms with E-state index in [2.05, 4.69) is 20.3 Å². The van der Waals surface area contributed by atoms with Crippen LogP contribution < -0.4 is 11.1 Å². The van der Waals surface area contributed by atoms with Crippen molar-refractivity contribution in [3.8, 4) is 22.4 Å². The Morgan fingerprint density at radius 3 is 2.22 bits per heavy atom. The average molecular weight is 313 g/mol. The number of rotatable bonds is 3. The molecule has 0 spiro atoms. The van der Waals surface area contributed by atoms with E-state index in [9.17, 15) is 8.78 Å². The molecule has 0 aliphatic heterocycles. The Morgan fingerprint density at radius 2 is 1.61 bits per heavy atom. The fraction of sp³-hybridized carbons (Fsp3) is 0.0625. The highest BCUT2D eigenvalue weighted by atomic mass is 19.1. The zero-order chi connectivity index (χ0) is 16.4. The summed E-state index contributed by atoms with van der Waals surface area (Å²) in [5.41, 5.74) is 7.12. The van der Waals surface area contributed by atoms with E-state index in [-0.39, 0.29) is 17.2 Å². The molecule has 0 aliphatic rings. The molecule has 0 aliphatic carbocycles. The highest BCUT2D eigenvalue weighted by Crippen LogP contribution is 2.30. The Hall–Kier alpha value is -3.09. The normalized spacial score (nSPS) is 10.6. The summed E-state index contributed by atoms with van der Waals surface area (Å²) in [5, 5.41) is 2.68. The van der Waals surface area contributed by atoms with Crippen molar-refractivity contribution in [1.82, 2.24) is 15.0 Å². The Kier molecular flexibility index (Phi) is 3.84. The number of aromatic nitrogens is 3. The molecule has 0 saturated carbocycles. The Balaban J connectivity index is 2.02. The predicted octanol–water partition coefficient (Wildman–Crippen LogP) is 3.11. The molecular formula is C16H13F2N5. The first kappa shape index (κ1) is 14.8. The summed E-state index contributed by atoms with van der Waals surface area (Å²) in [5.74, 6) is -1.14. The van der Waals surface area contributed by atoms with Gasteiger partial charge in [-0.3, -0.25) is 4.98 Å². The topological polar surface area (TPSA) is 76.7 Å². The van der Waals surface area contributed by atoms with Crippen molar-refractivity contribution in [1.29, 1.82) is 0 Å². The number of pyridine rings is 1. The second-order valence-corrected chi connectivity index (χ2v) is 4.80. The summed E-state index contributed by atoms with van der Waals surface area (Å²) >= 11 is 0. The van der Waals surface area contributed by atoms with Crippen molar-refractivity contribution < 1.29 is 8.78 Å². The van der Waals surface area contributed by atoms with Crippen LogP contribution in [-0.2, 0) is 0 Å². The smallest absolute Gasteiger partial charge is 0.219 e. The minimum Gasteiger partial charge on any atom is -0.386 e. The number of nitrogens with two attached hydrogens (primary N) is 1. The molecule has 5 nitrogen and oxygen atoms in total.